The van der Waals surface area contributed by atoms with Crippen LogP contribution < -0.4 is 0 Å². The molecular formula is C16H30O9. The SMILES string of the molecule is C=CC(C)(CC[C@H](O)C(C)(C)O)O[C@]1(O)OC(CO)[C@@H](O)C(O)[C@@H]1O. The molecule has 0 aromatic heterocycles. The summed E-state index contributed by atoms with van der Waals surface area (Å²) in [5.41, 5.74) is -2.66. The van der Waals surface area contributed by atoms with Crippen molar-refractivity contribution in [3.05, 3.63) is 12.7 Å². The minimum atomic E-state index is -2.71. The first-order valence-electron chi connectivity index (χ1n) is 8.09. The Labute approximate surface area is 146 Å². The number of hydrogen-bond acceptors (Lipinski definition) is 9. The molecule has 0 saturated carbocycles. The summed E-state index contributed by atoms with van der Waals surface area (Å²) >= 11 is 0. The van der Waals surface area contributed by atoms with Gasteiger partial charge < -0.3 is 45.2 Å². The van der Waals surface area contributed by atoms with Gasteiger partial charge >= 0.3 is 5.97 Å². The lowest BCUT2D eigenvalue weighted by atomic mass is 9.91. The molecular weight excluding hydrogens is 336 g/mol. The maximum Gasteiger partial charge on any atom is 0.312 e. The number of hydrogen-bond donors (Lipinski definition) is 7. The minimum absolute atomic E-state index is 0.0762. The van der Waals surface area contributed by atoms with E-state index in [0.717, 1.165) is 0 Å². The highest BCUT2D eigenvalue weighted by Gasteiger charge is 2.56. The zero-order valence-electron chi connectivity index (χ0n) is 14.7. The Morgan fingerprint density at radius 3 is 2.24 bits per heavy atom. The molecule has 0 aromatic rings. The first kappa shape index (κ1) is 22.4. The van der Waals surface area contributed by atoms with Gasteiger partial charge in [-0.3, -0.25) is 0 Å². The predicted molar refractivity (Wildman–Crippen MR) is 86.2 cm³/mol. The molecule has 1 fully saturated rings. The average molecular weight is 366 g/mol. The van der Waals surface area contributed by atoms with Gasteiger partial charge in [-0.1, -0.05) is 6.08 Å². The van der Waals surface area contributed by atoms with Crippen molar-refractivity contribution >= 4 is 0 Å². The van der Waals surface area contributed by atoms with Crippen molar-refractivity contribution in [3.63, 3.8) is 0 Å². The summed E-state index contributed by atoms with van der Waals surface area (Å²) in [6, 6.07) is 0. The molecule has 3 unspecified atom stereocenters. The maximum absolute atomic E-state index is 10.5. The van der Waals surface area contributed by atoms with Crippen molar-refractivity contribution in [2.45, 2.75) is 81.3 Å². The molecule has 9 heteroatoms. The Morgan fingerprint density at radius 2 is 1.80 bits per heavy atom. The molecule has 0 aliphatic carbocycles. The van der Waals surface area contributed by atoms with Gasteiger partial charge in [0.05, 0.1) is 23.9 Å². The molecule has 0 spiro atoms. The molecule has 25 heavy (non-hydrogen) atoms. The zero-order valence-corrected chi connectivity index (χ0v) is 14.7. The first-order valence-corrected chi connectivity index (χ1v) is 8.09. The topological polar surface area (TPSA) is 160 Å². The van der Waals surface area contributed by atoms with Gasteiger partial charge in [0.15, 0.2) is 6.10 Å². The van der Waals surface area contributed by atoms with Crippen LogP contribution in [0.4, 0.5) is 0 Å². The van der Waals surface area contributed by atoms with Crippen LogP contribution in [0.5, 0.6) is 0 Å². The molecule has 1 aliphatic rings. The lowest BCUT2D eigenvalue weighted by Crippen LogP contribution is -2.67. The van der Waals surface area contributed by atoms with Gasteiger partial charge in [-0.05, 0) is 33.6 Å². The van der Waals surface area contributed by atoms with E-state index in [0.29, 0.717) is 0 Å². The molecule has 1 saturated heterocycles. The molecule has 0 amide bonds. The highest BCUT2D eigenvalue weighted by Crippen LogP contribution is 2.35. The van der Waals surface area contributed by atoms with Crippen molar-refractivity contribution in [1.82, 2.24) is 0 Å². The zero-order chi connectivity index (χ0) is 19.6. The van der Waals surface area contributed by atoms with E-state index in [1.165, 1.54) is 26.8 Å². The lowest BCUT2D eigenvalue weighted by molar-refractivity contribution is -0.465. The predicted octanol–water partition coefficient (Wildman–Crippen LogP) is -2.02. The molecule has 7 atom stereocenters. The third-order valence-electron chi connectivity index (χ3n) is 4.47. The Hall–Kier alpha value is -0.620. The molecule has 7 N–H and O–H groups in total. The highest BCUT2D eigenvalue weighted by atomic mass is 16.8. The van der Waals surface area contributed by atoms with Crippen LogP contribution in [0.1, 0.15) is 33.6 Å². The van der Waals surface area contributed by atoms with Crippen molar-refractivity contribution in [2.75, 3.05) is 6.61 Å². The van der Waals surface area contributed by atoms with E-state index >= 15 is 0 Å². The number of aliphatic hydroxyl groups is 7. The molecule has 9 nitrogen and oxygen atoms in total. The fourth-order valence-corrected chi connectivity index (χ4v) is 2.51. The van der Waals surface area contributed by atoms with E-state index in [1.807, 2.05) is 0 Å². The second-order valence-corrected chi connectivity index (χ2v) is 7.22. The van der Waals surface area contributed by atoms with Crippen LogP contribution in [0.2, 0.25) is 0 Å². The average Bonchev–Trinajstić information content (AvgIpc) is 2.53. The van der Waals surface area contributed by atoms with Crippen molar-refractivity contribution in [2.24, 2.45) is 0 Å². The van der Waals surface area contributed by atoms with Crippen molar-refractivity contribution in [3.8, 4) is 0 Å². The van der Waals surface area contributed by atoms with Crippen LogP contribution in [-0.4, -0.2) is 90.0 Å². The monoisotopic (exact) mass is 366 g/mol. The Bertz CT molecular complexity index is 449. The minimum Gasteiger partial charge on any atom is -0.394 e. The summed E-state index contributed by atoms with van der Waals surface area (Å²) in [5, 5.41) is 69.0. The van der Waals surface area contributed by atoms with Crippen LogP contribution in [0.3, 0.4) is 0 Å². The van der Waals surface area contributed by atoms with E-state index in [4.69, 9.17) is 9.47 Å². The van der Waals surface area contributed by atoms with Crippen molar-refractivity contribution < 1.29 is 45.2 Å². The quantitative estimate of drug-likeness (QED) is 0.190. The van der Waals surface area contributed by atoms with Gasteiger partial charge in [-0.15, -0.1) is 6.58 Å². The van der Waals surface area contributed by atoms with Crippen LogP contribution in [0.25, 0.3) is 0 Å². The van der Waals surface area contributed by atoms with Gasteiger partial charge in [0.2, 0.25) is 0 Å². The standard InChI is InChI=1S/C16H30O9/c1-5-15(4,7-6-10(18)14(2,3)22)25-16(23)13(21)12(20)11(19)9(8-17)24-16/h5,9-13,17-23H,1,6-8H2,2-4H3/t9?,10-,11+,12?,13-,15?,16+/m0/s1. The lowest BCUT2D eigenvalue weighted by Gasteiger charge is -2.47. The van der Waals surface area contributed by atoms with Gasteiger partial charge in [-0.2, -0.15) is 0 Å². The Kier molecular flexibility index (Phi) is 7.13. The Balaban J connectivity index is 2.91. The largest absolute Gasteiger partial charge is 0.394 e. The third kappa shape index (κ3) is 5.19. The van der Waals surface area contributed by atoms with Gasteiger partial charge in [0.1, 0.15) is 18.3 Å². The number of rotatable bonds is 8. The maximum atomic E-state index is 10.5. The summed E-state index contributed by atoms with van der Waals surface area (Å²) in [4.78, 5) is 0. The second-order valence-electron chi connectivity index (χ2n) is 7.22. The molecule has 148 valence electrons. The van der Waals surface area contributed by atoms with Crippen LogP contribution in [-0.2, 0) is 9.47 Å². The molecule has 1 heterocycles. The molecule has 1 aliphatic heterocycles. The van der Waals surface area contributed by atoms with Gasteiger partial charge in [0.25, 0.3) is 0 Å². The molecule has 1 rings (SSSR count). The first-order chi connectivity index (χ1) is 11.3. The summed E-state index contributed by atoms with van der Waals surface area (Å²) in [6.45, 7) is 7.24. The molecule has 0 radical (unpaired) electrons. The summed E-state index contributed by atoms with van der Waals surface area (Å²) in [7, 11) is 0. The number of aliphatic hydroxyl groups excluding tert-OH is 5. The van der Waals surface area contributed by atoms with Crippen molar-refractivity contribution in [1.29, 1.82) is 0 Å². The normalized spacial score (nSPS) is 37.4. The van der Waals surface area contributed by atoms with Crippen LogP contribution >= 0.6 is 0 Å². The third-order valence-corrected chi connectivity index (χ3v) is 4.47. The smallest absolute Gasteiger partial charge is 0.312 e. The summed E-state index contributed by atoms with van der Waals surface area (Å²) in [6.07, 6.45) is -6.43. The van der Waals surface area contributed by atoms with E-state index in [9.17, 15) is 35.7 Å². The fourth-order valence-electron chi connectivity index (χ4n) is 2.51. The fraction of sp³-hybridized carbons (Fsp3) is 0.875. The second kappa shape index (κ2) is 7.95. The highest BCUT2D eigenvalue weighted by molar-refractivity contribution is 4.99. The molecule has 0 aromatic carbocycles. The number of ether oxygens (including phenoxy) is 2. The van der Waals surface area contributed by atoms with Crippen LogP contribution in [0, 0.1) is 0 Å². The van der Waals surface area contributed by atoms with E-state index in [2.05, 4.69) is 6.58 Å². The van der Waals surface area contributed by atoms with E-state index < -0.39 is 54.3 Å². The summed E-state index contributed by atoms with van der Waals surface area (Å²) < 4.78 is 10.5. The summed E-state index contributed by atoms with van der Waals surface area (Å²) in [5.74, 6) is -2.71. The van der Waals surface area contributed by atoms with E-state index in [1.54, 1.807) is 0 Å². The Morgan fingerprint density at radius 1 is 1.24 bits per heavy atom. The van der Waals surface area contributed by atoms with Gasteiger partial charge in [-0.25, -0.2) is 0 Å². The molecule has 0 bridgehead atoms. The van der Waals surface area contributed by atoms with Gasteiger partial charge in [0, 0.05) is 0 Å². The van der Waals surface area contributed by atoms with E-state index in [-0.39, 0.29) is 12.8 Å². The van der Waals surface area contributed by atoms with Crippen LogP contribution in [0.15, 0.2) is 12.7 Å².